The van der Waals surface area contributed by atoms with Crippen molar-refractivity contribution in [2.75, 3.05) is 0 Å². The monoisotopic (exact) mass is 232 g/mol. The van der Waals surface area contributed by atoms with Gasteiger partial charge in [-0.2, -0.15) is 0 Å². The van der Waals surface area contributed by atoms with E-state index < -0.39 is 14.8 Å². The smallest absolute Gasteiger partial charge is 0.222 e. The first kappa shape index (κ1) is 10.9. The Morgan fingerprint density at radius 2 is 1.80 bits per heavy atom. The summed E-state index contributed by atoms with van der Waals surface area (Å²) in [5, 5.41) is 8.02. The maximum Gasteiger partial charge on any atom is 0.222 e. The number of hydrogen-bond acceptors (Lipinski definition) is 3. The minimum absolute atomic E-state index is 0.0160. The Labute approximate surface area is 89.5 Å². The number of primary sulfonamides is 1. The van der Waals surface area contributed by atoms with Crippen LogP contribution in [0.25, 0.3) is 0 Å². The molecule has 1 amide bonds. The minimum Gasteiger partial charge on any atom is -0.350 e. The highest BCUT2D eigenvalue weighted by Gasteiger charge is 2.74. The summed E-state index contributed by atoms with van der Waals surface area (Å²) in [4.78, 5) is 11.4. The second-order valence-corrected chi connectivity index (χ2v) is 7.14. The van der Waals surface area contributed by atoms with Crippen LogP contribution in [0.3, 0.4) is 0 Å². The van der Waals surface area contributed by atoms with E-state index in [0.29, 0.717) is 19.3 Å². The predicted molar refractivity (Wildman–Crippen MR) is 55.4 cm³/mol. The molecule has 86 valence electrons. The van der Waals surface area contributed by atoms with Crippen LogP contribution in [0.4, 0.5) is 0 Å². The third kappa shape index (κ3) is 1.38. The van der Waals surface area contributed by atoms with Crippen LogP contribution in [0.2, 0.25) is 0 Å². The van der Waals surface area contributed by atoms with Gasteiger partial charge in [-0.15, -0.1) is 0 Å². The normalized spacial score (nSPS) is 38.1. The standard InChI is InChI=1S/C9H16N2O3S/c1-6(2)7(12)11-8-3-9(4-8,5-8)15(10,13)14/h6H,3-5H2,1-2H3,(H,11,12)(H2,10,13,14). The Morgan fingerprint density at radius 3 is 2.13 bits per heavy atom. The Bertz CT molecular complexity index is 393. The molecule has 3 aliphatic carbocycles. The van der Waals surface area contributed by atoms with Crippen molar-refractivity contribution in [2.45, 2.75) is 43.4 Å². The zero-order valence-corrected chi connectivity index (χ0v) is 9.73. The second kappa shape index (κ2) is 2.74. The van der Waals surface area contributed by atoms with Crippen molar-refractivity contribution >= 4 is 15.9 Å². The van der Waals surface area contributed by atoms with Crippen LogP contribution in [-0.4, -0.2) is 24.6 Å². The average molecular weight is 232 g/mol. The highest BCUT2D eigenvalue weighted by molar-refractivity contribution is 7.90. The van der Waals surface area contributed by atoms with Crippen molar-refractivity contribution in [1.29, 1.82) is 0 Å². The molecule has 0 spiro atoms. The average Bonchev–Trinajstić information content (AvgIpc) is 1.89. The first-order valence-corrected chi connectivity index (χ1v) is 6.59. The third-order valence-electron chi connectivity index (χ3n) is 3.50. The third-order valence-corrected chi connectivity index (χ3v) is 5.14. The number of nitrogens with two attached hydrogens (primary N) is 1. The van der Waals surface area contributed by atoms with E-state index in [2.05, 4.69) is 5.32 Å². The van der Waals surface area contributed by atoms with Gasteiger partial charge in [-0.3, -0.25) is 4.79 Å². The van der Waals surface area contributed by atoms with Gasteiger partial charge in [0, 0.05) is 11.5 Å². The fourth-order valence-electron chi connectivity index (χ4n) is 2.53. The van der Waals surface area contributed by atoms with Gasteiger partial charge in [0.15, 0.2) is 0 Å². The summed E-state index contributed by atoms with van der Waals surface area (Å²) in [5.74, 6) is -0.0813. The van der Waals surface area contributed by atoms with Crippen molar-refractivity contribution in [3.05, 3.63) is 0 Å². The quantitative estimate of drug-likeness (QED) is 0.701. The molecule has 0 aromatic rings. The van der Waals surface area contributed by atoms with Gasteiger partial charge in [-0.05, 0) is 19.3 Å². The molecule has 0 aromatic carbocycles. The number of sulfonamides is 1. The van der Waals surface area contributed by atoms with Crippen molar-refractivity contribution < 1.29 is 13.2 Å². The van der Waals surface area contributed by atoms with Crippen molar-refractivity contribution in [1.82, 2.24) is 5.32 Å². The van der Waals surface area contributed by atoms with Gasteiger partial charge in [0.25, 0.3) is 0 Å². The maximum absolute atomic E-state index is 11.4. The van der Waals surface area contributed by atoms with E-state index in [9.17, 15) is 13.2 Å². The topological polar surface area (TPSA) is 89.3 Å². The van der Waals surface area contributed by atoms with Crippen LogP contribution < -0.4 is 10.5 Å². The molecule has 0 unspecified atom stereocenters. The molecule has 5 nitrogen and oxygen atoms in total. The van der Waals surface area contributed by atoms with Gasteiger partial charge in [0.2, 0.25) is 15.9 Å². The lowest BCUT2D eigenvalue weighted by molar-refractivity contribution is -0.133. The molecule has 0 aromatic heterocycles. The molecule has 15 heavy (non-hydrogen) atoms. The summed E-state index contributed by atoms with van der Waals surface area (Å²) >= 11 is 0. The lowest BCUT2D eigenvalue weighted by atomic mass is 9.49. The molecule has 0 heterocycles. The Balaban J connectivity index is 1.97. The number of hydrogen-bond donors (Lipinski definition) is 2. The first-order chi connectivity index (χ1) is 6.70. The van der Waals surface area contributed by atoms with Gasteiger partial charge in [-0.25, -0.2) is 13.6 Å². The van der Waals surface area contributed by atoms with E-state index in [4.69, 9.17) is 5.14 Å². The van der Waals surface area contributed by atoms with E-state index in [1.807, 2.05) is 13.8 Å². The fraction of sp³-hybridized carbons (Fsp3) is 0.889. The molecule has 3 aliphatic rings. The molecule has 0 radical (unpaired) electrons. The Kier molecular flexibility index (Phi) is 1.98. The van der Waals surface area contributed by atoms with E-state index in [0.717, 1.165) is 0 Å². The summed E-state index contributed by atoms with van der Waals surface area (Å²) in [5.41, 5.74) is -0.270. The molecule has 0 aliphatic heterocycles. The zero-order chi connectivity index (χ0) is 11.5. The predicted octanol–water partition coefficient (Wildman–Crippen LogP) is -0.278. The van der Waals surface area contributed by atoms with Crippen molar-refractivity contribution in [3.8, 4) is 0 Å². The van der Waals surface area contributed by atoms with Crippen LogP contribution in [-0.2, 0) is 14.8 Å². The van der Waals surface area contributed by atoms with Gasteiger partial charge < -0.3 is 5.32 Å². The number of nitrogens with one attached hydrogen (secondary N) is 1. The molecular formula is C9H16N2O3S. The molecular weight excluding hydrogens is 216 g/mol. The summed E-state index contributed by atoms with van der Waals surface area (Å²) in [6, 6.07) is 0. The van der Waals surface area contributed by atoms with E-state index in [1.165, 1.54) is 0 Å². The summed E-state index contributed by atoms with van der Waals surface area (Å²) in [6.07, 6.45) is 1.45. The Hall–Kier alpha value is -0.620. The molecule has 0 saturated heterocycles. The van der Waals surface area contributed by atoms with Crippen LogP contribution >= 0.6 is 0 Å². The molecule has 3 N–H and O–H groups in total. The maximum atomic E-state index is 11.4. The molecule has 3 fully saturated rings. The van der Waals surface area contributed by atoms with E-state index in [-0.39, 0.29) is 17.4 Å². The lowest BCUT2D eigenvalue weighted by Gasteiger charge is -2.68. The zero-order valence-electron chi connectivity index (χ0n) is 8.91. The van der Waals surface area contributed by atoms with Crippen LogP contribution in [0.1, 0.15) is 33.1 Å². The van der Waals surface area contributed by atoms with Crippen LogP contribution in [0.15, 0.2) is 0 Å². The van der Waals surface area contributed by atoms with E-state index in [1.54, 1.807) is 0 Å². The summed E-state index contributed by atoms with van der Waals surface area (Å²) in [7, 11) is -3.45. The van der Waals surface area contributed by atoms with Gasteiger partial charge >= 0.3 is 0 Å². The second-order valence-electron chi connectivity index (χ2n) is 5.18. The van der Waals surface area contributed by atoms with Crippen molar-refractivity contribution in [3.63, 3.8) is 0 Å². The highest BCUT2D eigenvalue weighted by atomic mass is 32.2. The lowest BCUT2D eigenvalue weighted by Crippen LogP contribution is -2.82. The van der Waals surface area contributed by atoms with Gasteiger partial charge in [-0.1, -0.05) is 13.8 Å². The molecule has 0 atom stereocenters. The molecule has 2 bridgehead atoms. The number of rotatable bonds is 3. The summed E-state index contributed by atoms with van der Waals surface area (Å²) in [6.45, 7) is 3.63. The number of carbonyl (C=O) groups is 1. The molecule has 3 saturated carbocycles. The molecule has 6 heteroatoms. The Morgan fingerprint density at radius 1 is 1.33 bits per heavy atom. The number of carbonyl (C=O) groups excluding carboxylic acids is 1. The highest BCUT2D eigenvalue weighted by Crippen LogP contribution is 2.64. The van der Waals surface area contributed by atoms with Gasteiger partial charge in [0.05, 0.1) is 4.75 Å². The first-order valence-electron chi connectivity index (χ1n) is 5.04. The van der Waals surface area contributed by atoms with Gasteiger partial charge in [0.1, 0.15) is 0 Å². The van der Waals surface area contributed by atoms with E-state index >= 15 is 0 Å². The van der Waals surface area contributed by atoms with Crippen LogP contribution in [0.5, 0.6) is 0 Å². The summed E-state index contributed by atoms with van der Waals surface area (Å²) < 4.78 is 21.7. The SMILES string of the molecule is CC(C)C(=O)NC12CC(S(N)(=O)=O)(C1)C2. The van der Waals surface area contributed by atoms with Crippen molar-refractivity contribution in [2.24, 2.45) is 11.1 Å². The largest absolute Gasteiger partial charge is 0.350 e. The van der Waals surface area contributed by atoms with Crippen LogP contribution in [0, 0.1) is 5.92 Å². The number of amides is 1. The minimum atomic E-state index is -3.45. The fourth-order valence-corrected chi connectivity index (χ4v) is 3.97. The molecule has 3 rings (SSSR count).